The number of hydrogen-bond acceptors (Lipinski definition) is 4. The van der Waals surface area contributed by atoms with Crippen molar-refractivity contribution in [1.29, 1.82) is 0 Å². The van der Waals surface area contributed by atoms with Gasteiger partial charge in [-0.15, -0.1) is 0 Å². The summed E-state index contributed by atoms with van der Waals surface area (Å²) in [5.74, 6) is 0.335. The summed E-state index contributed by atoms with van der Waals surface area (Å²) in [5.41, 5.74) is 2.18. The smallest absolute Gasteiger partial charge is 0.251 e. The second kappa shape index (κ2) is 8.39. The topological polar surface area (TPSA) is 69.7 Å². The molecule has 1 aliphatic heterocycles. The number of anilines is 1. The zero-order chi connectivity index (χ0) is 19.5. The van der Waals surface area contributed by atoms with Crippen molar-refractivity contribution in [3.63, 3.8) is 0 Å². The first-order valence-electron chi connectivity index (χ1n) is 9.31. The molecule has 1 atom stereocenters. The summed E-state index contributed by atoms with van der Waals surface area (Å²) in [6.45, 7) is 11.6. The summed E-state index contributed by atoms with van der Waals surface area (Å²) < 4.78 is 25.0. The Bertz CT molecular complexity index is 742. The Morgan fingerprint density at radius 3 is 2.46 bits per heavy atom. The molecule has 26 heavy (non-hydrogen) atoms. The number of nitrogens with zero attached hydrogens (tertiary/aromatic N) is 2. The summed E-state index contributed by atoms with van der Waals surface area (Å²) in [7, 11) is -3.27. The lowest BCUT2D eigenvalue weighted by atomic mass is 10.0. The molecule has 146 valence electrons. The molecule has 0 unspecified atom stereocenters. The minimum Gasteiger partial charge on any atom is -0.350 e. The molecule has 0 aromatic heterocycles. The first-order valence-corrected chi connectivity index (χ1v) is 11.2. The zero-order valence-electron chi connectivity index (χ0n) is 16.4. The molecule has 0 saturated carbocycles. The lowest BCUT2D eigenvalue weighted by molar-refractivity contribution is 0.0921. The maximum atomic E-state index is 12.6. The first kappa shape index (κ1) is 20.7. The van der Waals surface area contributed by atoms with Crippen LogP contribution in [0.2, 0.25) is 0 Å². The van der Waals surface area contributed by atoms with Crippen molar-refractivity contribution in [2.45, 2.75) is 40.2 Å². The highest BCUT2D eigenvalue weighted by molar-refractivity contribution is 7.92. The molecule has 0 radical (unpaired) electrons. The van der Waals surface area contributed by atoms with Crippen LogP contribution in [0, 0.1) is 5.92 Å². The molecule has 0 spiro atoms. The van der Waals surface area contributed by atoms with Crippen LogP contribution in [-0.2, 0) is 16.4 Å². The Hall–Kier alpha value is -1.60. The van der Waals surface area contributed by atoms with Crippen molar-refractivity contribution in [2.24, 2.45) is 5.92 Å². The predicted molar refractivity (Wildman–Crippen MR) is 106 cm³/mol. The molecule has 0 aliphatic carbocycles. The minimum atomic E-state index is -3.27. The van der Waals surface area contributed by atoms with Crippen molar-refractivity contribution < 1.29 is 13.2 Å². The number of amides is 1. The van der Waals surface area contributed by atoms with Crippen LogP contribution in [0.1, 0.15) is 43.6 Å². The van der Waals surface area contributed by atoms with Gasteiger partial charge in [0, 0.05) is 24.7 Å². The van der Waals surface area contributed by atoms with E-state index in [-0.39, 0.29) is 5.91 Å². The van der Waals surface area contributed by atoms with Crippen molar-refractivity contribution in [3.05, 3.63) is 29.3 Å². The van der Waals surface area contributed by atoms with Crippen LogP contribution in [0.25, 0.3) is 0 Å². The SMILES string of the molecule is CCN(CC)[C@H](CNC(=O)c1ccc2c(c1)CCN2S(C)(=O)=O)C(C)C. The van der Waals surface area contributed by atoms with Crippen LogP contribution >= 0.6 is 0 Å². The Morgan fingerprint density at radius 2 is 1.92 bits per heavy atom. The van der Waals surface area contributed by atoms with Gasteiger partial charge in [-0.05, 0) is 49.2 Å². The van der Waals surface area contributed by atoms with Gasteiger partial charge < -0.3 is 5.32 Å². The van der Waals surface area contributed by atoms with Gasteiger partial charge in [-0.25, -0.2) is 8.42 Å². The summed E-state index contributed by atoms with van der Waals surface area (Å²) in [6, 6.07) is 5.56. The van der Waals surface area contributed by atoms with Crippen LogP contribution in [0.5, 0.6) is 0 Å². The number of carbonyl (C=O) groups is 1. The Kier molecular flexibility index (Phi) is 6.69. The molecule has 1 aromatic rings. The second-order valence-corrected chi connectivity index (χ2v) is 9.08. The van der Waals surface area contributed by atoms with Crippen LogP contribution < -0.4 is 9.62 Å². The minimum absolute atomic E-state index is 0.108. The van der Waals surface area contributed by atoms with E-state index in [9.17, 15) is 13.2 Å². The van der Waals surface area contributed by atoms with Gasteiger partial charge in [-0.3, -0.25) is 14.0 Å². The second-order valence-electron chi connectivity index (χ2n) is 7.17. The number of fused-ring (bicyclic) bond motifs is 1. The van der Waals surface area contributed by atoms with Gasteiger partial charge in [0.2, 0.25) is 10.0 Å². The first-order chi connectivity index (χ1) is 12.2. The summed E-state index contributed by atoms with van der Waals surface area (Å²) >= 11 is 0. The summed E-state index contributed by atoms with van der Waals surface area (Å²) in [4.78, 5) is 14.9. The van der Waals surface area contributed by atoms with Crippen molar-refractivity contribution >= 4 is 21.6 Å². The average molecular weight is 382 g/mol. The van der Waals surface area contributed by atoms with Gasteiger partial charge in [-0.2, -0.15) is 0 Å². The number of rotatable bonds is 8. The van der Waals surface area contributed by atoms with Crippen LogP contribution in [-0.4, -0.2) is 57.7 Å². The molecular weight excluding hydrogens is 350 g/mol. The van der Waals surface area contributed by atoms with Crippen LogP contribution in [0.15, 0.2) is 18.2 Å². The number of likely N-dealkylation sites (N-methyl/N-ethyl adjacent to an activating group) is 1. The van der Waals surface area contributed by atoms with E-state index >= 15 is 0 Å². The van der Waals surface area contributed by atoms with Gasteiger partial charge in [0.1, 0.15) is 0 Å². The molecule has 7 heteroatoms. The highest BCUT2D eigenvalue weighted by atomic mass is 32.2. The van der Waals surface area contributed by atoms with Gasteiger partial charge in [-0.1, -0.05) is 27.7 Å². The number of sulfonamides is 1. The Labute approximate surface area is 157 Å². The molecule has 0 fully saturated rings. The third kappa shape index (κ3) is 4.57. The average Bonchev–Trinajstić information content (AvgIpc) is 3.01. The highest BCUT2D eigenvalue weighted by Crippen LogP contribution is 2.30. The lowest BCUT2D eigenvalue weighted by Gasteiger charge is -2.32. The van der Waals surface area contributed by atoms with E-state index in [1.165, 1.54) is 10.6 Å². The van der Waals surface area contributed by atoms with Crippen molar-refractivity contribution in [1.82, 2.24) is 10.2 Å². The zero-order valence-corrected chi connectivity index (χ0v) is 17.3. The molecular formula is C19H31N3O3S. The molecule has 1 amide bonds. The highest BCUT2D eigenvalue weighted by Gasteiger charge is 2.27. The number of benzene rings is 1. The maximum absolute atomic E-state index is 12.6. The van der Waals surface area contributed by atoms with E-state index in [0.29, 0.717) is 42.7 Å². The molecule has 6 nitrogen and oxygen atoms in total. The monoisotopic (exact) mass is 381 g/mol. The van der Waals surface area contributed by atoms with Crippen molar-refractivity contribution in [2.75, 3.05) is 36.7 Å². The van der Waals surface area contributed by atoms with E-state index in [1.807, 2.05) is 6.07 Å². The van der Waals surface area contributed by atoms with Crippen LogP contribution in [0.4, 0.5) is 5.69 Å². The standard InChI is InChI=1S/C19H31N3O3S/c1-6-21(7-2)18(14(3)4)13-20-19(23)16-8-9-17-15(12-16)10-11-22(17)26(5,24)25/h8-9,12,14,18H,6-7,10-11,13H2,1-5H3,(H,20,23)/t18-/m1/s1. The van der Waals surface area contributed by atoms with E-state index in [4.69, 9.17) is 0 Å². The molecule has 0 bridgehead atoms. The largest absolute Gasteiger partial charge is 0.350 e. The molecule has 1 aliphatic rings. The Balaban J connectivity index is 2.09. The van der Waals surface area contributed by atoms with E-state index in [1.54, 1.807) is 12.1 Å². The number of hydrogen-bond donors (Lipinski definition) is 1. The normalized spacial score (nSPS) is 15.4. The van der Waals surface area contributed by atoms with Crippen molar-refractivity contribution in [3.8, 4) is 0 Å². The van der Waals surface area contributed by atoms with Gasteiger partial charge >= 0.3 is 0 Å². The van der Waals surface area contributed by atoms with Crippen LogP contribution in [0.3, 0.4) is 0 Å². The summed E-state index contributed by atoms with van der Waals surface area (Å²) in [5, 5.41) is 3.05. The molecule has 1 heterocycles. The predicted octanol–water partition coefficient (Wildman–Crippen LogP) is 2.10. The quantitative estimate of drug-likeness (QED) is 0.749. The van der Waals surface area contributed by atoms with E-state index in [2.05, 4.69) is 37.9 Å². The Morgan fingerprint density at radius 1 is 1.27 bits per heavy atom. The lowest BCUT2D eigenvalue weighted by Crippen LogP contribution is -2.46. The third-order valence-corrected chi connectivity index (χ3v) is 6.30. The molecule has 1 aromatic carbocycles. The molecule has 2 rings (SSSR count). The number of carbonyl (C=O) groups excluding carboxylic acids is 1. The molecule has 0 saturated heterocycles. The third-order valence-electron chi connectivity index (χ3n) is 5.12. The maximum Gasteiger partial charge on any atom is 0.251 e. The van der Waals surface area contributed by atoms with Gasteiger partial charge in [0.15, 0.2) is 0 Å². The fourth-order valence-corrected chi connectivity index (χ4v) is 4.59. The van der Waals surface area contributed by atoms with E-state index < -0.39 is 10.0 Å². The fraction of sp³-hybridized carbons (Fsp3) is 0.632. The number of nitrogens with one attached hydrogen (secondary N) is 1. The van der Waals surface area contributed by atoms with Gasteiger partial charge in [0.05, 0.1) is 11.9 Å². The van der Waals surface area contributed by atoms with Gasteiger partial charge in [0.25, 0.3) is 5.91 Å². The summed E-state index contributed by atoms with van der Waals surface area (Å²) in [6.07, 6.45) is 1.85. The van der Waals surface area contributed by atoms with E-state index in [0.717, 1.165) is 18.7 Å². The fourth-order valence-electron chi connectivity index (χ4n) is 3.64. The molecule has 1 N–H and O–H groups in total.